The van der Waals surface area contributed by atoms with E-state index >= 15 is 0 Å². The van der Waals surface area contributed by atoms with Crippen molar-refractivity contribution in [3.8, 4) is 11.1 Å². The molecule has 0 aliphatic rings. The maximum absolute atomic E-state index is 12.5. The quantitative estimate of drug-likeness (QED) is 0.0300. The highest BCUT2D eigenvalue weighted by molar-refractivity contribution is 6.05. The molecule has 0 fully saturated rings. The number of aliphatic imine (C=N–C) groups is 2. The van der Waals surface area contributed by atoms with E-state index in [1.165, 1.54) is 4.90 Å². The lowest BCUT2D eigenvalue weighted by atomic mass is 9.77. The molecule has 1 amide bonds. The summed E-state index contributed by atoms with van der Waals surface area (Å²) in [6.45, 7) is 9.01. The van der Waals surface area contributed by atoms with E-state index in [-0.39, 0.29) is 12.2 Å². The van der Waals surface area contributed by atoms with Crippen LogP contribution in [-0.2, 0) is 12.1 Å². The van der Waals surface area contributed by atoms with Gasteiger partial charge in [-0.2, -0.15) is 0 Å². The number of amidine groups is 2. The van der Waals surface area contributed by atoms with Gasteiger partial charge in [-0.05, 0) is 53.6 Å². The Balaban J connectivity index is 1.61. The van der Waals surface area contributed by atoms with Crippen molar-refractivity contribution in [2.45, 2.75) is 51.3 Å². The van der Waals surface area contributed by atoms with Gasteiger partial charge in [-0.3, -0.25) is 4.90 Å². The molecule has 264 valence electrons. The molecule has 5 rings (SSSR count). The number of rotatable bonds is 12. The normalized spacial score (nSPS) is 12.5. The summed E-state index contributed by atoms with van der Waals surface area (Å²) < 4.78 is 0. The maximum Gasteiger partial charge on any atom is 0.413 e. The molecule has 0 aliphatic heterocycles. The fraction of sp³-hybridized carbons (Fsp3) is 0.186. The summed E-state index contributed by atoms with van der Waals surface area (Å²) in [5.74, 6) is 6.44. The minimum atomic E-state index is -1.28. The Morgan fingerprint density at radius 1 is 0.769 bits per heavy atom. The molecule has 0 unspecified atom stereocenters. The van der Waals surface area contributed by atoms with Crippen LogP contribution in [0.3, 0.4) is 0 Å². The summed E-state index contributed by atoms with van der Waals surface area (Å²) >= 11 is 0. The van der Waals surface area contributed by atoms with Gasteiger partial charge in [0.2, 0.25) is 0 Å². The SMILES string of the molecule is C=C(N=C(CCC)N(Cc1ccc(-c2ccccc2C(N=NN)=NC(c2ccccc2)(c2ccccc2)c2ccccc2)cc1)C(=O)O)C(C)(C)O. The van der Waals surface area contributed by atoms with Crippen molar-refractivity contribution < 1.29 is 15.0 Å². The molecule has 5 aromatic rings. The highest BCUT2D eigenvalue weighted by Crippen LogP contribution is 2.42. The molecule has 9 nitrogen and oxygen atoms in total. The fourth-order valence-electron chi connectivity index (χ4n) is 6.02. The number of benzene rings is 5. The number of nitrogens with zero attached hydrogens (tertiary/aromatic N) is 5. The third-order valence-electron chi connectivity index (χ3n) is 8.76. The number of carbonyl (C=O) groups is 1. The molecule has 0 spiro atoms. The van der Waals surface area contributed by atoms with Crippen molar-refractivity contribution in [1.82, 2.24) is 4.90 Å². The van der Waals surface area contributed by atoms with Gasteiger partial charge >= 0.3 is 6.09 Å². The van der Waals surface area contributed by atoms with Gasteiger partial charge in [0.1, 0.15) is 17.0 Å². The second-order valence-corrected chi connectivity index (χ2v) is 12.9. The third-order valence-corrected chi connectivity index (χ3v) is 8.76. The van der Waals surface area contributed by atoms with Crippen molar-refractivity contribution in [3.63, 3.8) is 0 Å². The second-order valence-electron chi connectivity index (χ2n) is 12.9. The van der Waals surface area contributed by atoms with Gasteiger partial charge in [0, 0.05) is 12.0 Å². The molecule has 5 aromatic carbocycles. The summed E-state index contributed by atoms with van der Waals surface area (Å²) in [6.07, 6.45) is -0.0696. The second kappa shape index (κ2) is 16.7. The van der Waals surface area contributed by atoms with Gasteiger partial charge in [-0.15, -0.1) is 5.11 Å². The average Bonchev–Trinajstić information content (AvgIpc) is 3.16. The van der Waals surface area contributed by atoms with Crippen LogP contribution in [-0.4, -0.2) is 38.5 Å². The van der Waals surface area contributed by atoms with Crippen LogP contribution in [0, 0.1) is 0 Å². The zero-order chi connectivity index (χ0) is 37.1. The zero-order valence-electron chi connectivity index (χ0n) is 29.7. The Kier molecular flexibility index (Phi) is 11.9. The van der Waals surface area contributed by atoms with Gasteiger partial charge in [0.15, 0.2) is 5.84 Å². The van der Waals surface area contributed by atoms with E-state index in [9.17, 15) is 15.0 Å². The largest absolute Gasteiger partial charge is 0.465 e. The number of hydrogen-bond donors (Lipinski definition) is 3. The Morgan fingerprint density at radius 3 is 1.73 bits per heavy atom. The van der Waals surface area contributed by atoms with E-state index in [1.807, 2.05) is 110 Å². The van der Waals surface area contributed by atoms with Crippen molar-refractivity contribution in [2.24, 2.45) is 26.2 Å². The molecule has 0 saturated carbocycles. The number of nitrogens with two attached hydrogens (primary N) is 1. The van der Waals surface area contributed by atoms with E-state index in [0.29, 0.717) is 30.1 Å². The zero-order valence-corrected chi connectivity index (χ0v) is 29.7. The fourth-order valence-corrected chi connectivity index (χ4v) is 6.02. The molecule has 0 aliphatic carbocycles. The van der Waals surface area contributed by atoms with E-state index in [4.69, 9.17) is 10.8 Å². The lowest BCUT2D eigenvalue weighted by molar-refractivity contribution is 0.118. The monoisotopic (exact) mass is 692 g/mol. The predicted molar refractivity (Wildman–Crippen MR) is 208 cm³/mol. The molecule has 0 bridgehead atoms. The van der Waals surface area contributed by atoms with Crippen LogP contribution in [0.2, 0.25) is 0 Å². The van der Waals surface area contributed by atoms with Crippen LogP contribution in [0.15, 0.2) is 172 Å². The summed E-state index contributed by atoms with van der Waals surface area (Å²) in [5.41, 5.74) is 3.91. The molecule has 52 heavy (non-hydrogen) atoms. The van der Waals surface area contributed by atoms with Crippen LogP contribution >= 0.6 is 0 Å². The minimum Gasteiger partial charge on any atom is -0.465 e. The van der Waals surface area contributed by atoms with Gasteiger partial charge < -0.3 is 16.1 Å². The van der Waals surface area contributed by atoms with Crippen LogP contribution in [0.25, 0.3) is 11.1 Å². The third kappa shape index (κ3) is 8.39. The lowest BCUT2D eigenvalue weighted by Crippen LogP contribution is -2.36. The van der Waals surface area contributed by atoms with Gasteiger partial charge in [0.05, 0.1) is 12.2 Å². The summed E-state index contributed by atoms with van der Waals surface area (Å²) in [5, 5.41) is 28.7. The van der Waals surface area contributed by atoms with Gasteiger partial charge in [-0.25, -0.2) is 14.8 Å². The van der Waals surface area contributed by atoms with Crippen molar-refractivity contribution >= 4 is 17.8 Å². The van der Waals surface area contributed by atoms with E-state index < -0.39 is 17.2 Å². The van der Waals surface area contributed by atoms with E-state index in [1.54, 1.807) is 13.8 Å². The molecule has 0 heterocycles. The predicted octanol–water partition coefficient (Wildman–Crippen LogP) is 9.38. The Hall–Kier alpha value is -6.19. The molecule has 0 aromatic heterocycles. The van der Waals surface area contributed by atoms with Gasteiger partial charge in [0.25, 0.3) is 0 Å². The average molecular weight is 693 g/mol. The van der Waals surface area contributed by atoms with Crippen LogP contribution in [0.1, 0.15) is 61.4 Å². The molecular formula is C43H44N6O3. The van der Waals surface area contributed by atoms with Crippen molar-refractivity contribution in [1.29, 1.82) is 0 Å². The topological polar surface area (TPSA) is 136 Å². The van der Waals surface area contributed by atoms with E-state index in [2.05, 4.69) is 58.3 Å². The molecule has 0 saturated heterocycles. The van der Waals surface area contributed by atoms with E-state index in [0.717, 1.165) is 33.4 Å². The maximum atomic E-state index is 12.5. The number of amides is 1. The smallest absolute Gasteiger partial charge is 0.413 e. The first-order valence-electron chi connectivity index (χ1n) is 17.1. The Morgan fingerprint density at radius 2 is 1.27 bits per heavy atom. The van der Waals surface area contributed by atoms with Crippen LogP contribution in [0.5, 0.6) is 0 Å². The molecule has 4 N–H and O–H groups in total. The standard InChI is InChI=1S/C43H44N6O3/c1-5-17-39(45-31(2)42(3,4)52)49(41(50)51)30-32-26-28-33(29-27-32)37-24-15-16-25-38(37)40(47-48-44)46-43(34-18-9-6-10-19-34,35-20-11-7-12-21-35)36-22-13-8-14-23-36/h6-16,18-29,52H,2,5,17,30H2,1,3-4H3,(H,50,51)(H2,44,46,47). The van der Waals surface area contributed by atoms with Crippen LogP contribution < -0.4 is 5.84 Å². The highest BCUT2D eigenvalue weighted by atomic mass is 16.4. The minimum absolute atomic E-state index is 0.0665. The lowest BCUT2D eigenvalue weighted by Gasteiger charge is -2.32. The number of hydrogen-bond acceptors (Lipinski definition) is 5. The summed E-state index contributed by atoms with van der Waals surface area (Å²) in [7, 11) is 0. The first kappa shape index (κ1) is 37.1. The molecule has 0 radical (unpaired) electrons. The Bertz CT molecular complexity index is 1960. The van der Waals surface area contributed by atoms with Crippen molar-refractivity contribution in [3.05, 3.63) is 180 Å². The molecule has 9 heteroatoms. The number of aliphatic hydroxyl groups is 1. The summed E-state index contributed by atoms with van der Waals surface area (Å²) in [6, 6.07) is 45.7. The highest BCUT2D eigenvalue weighted by Gasteiger charge is 2.37. The number of carboxylic acid groups (broad SMARTS) is 1. The summed E-state index contributed by atoms with van der Waals surface area (Å²) in [4.78, 5) is 23.6. The van der Waals surface area contributed by atoms with Crippen LogP contribution in [0.4, 0.5) is 4.79 Å². The molecular weight excluding hydrogens is 649 g/mol. The Labute approximate surface area is 305 Å². The van der Waals surface area contributed by atoms with Gasteiger partial charge in [-0.1, -0.05) is 158 Å². The molecule has 0 atom stereocenters. The first-order valence-corrected chi connectivity index (χ1v) is 17.1. The van der Waals surface area contributed by atoms with Crippen molar-refractivity contribution in [2.75, 3.05) is 0 Å². The first-order chi connectivity index (χ1) is 25.1.